The standard InChI is InChI=1S/C16H18ClFNO6P/c1-8(2)11-6-10(4-5-12(11)20)25-14-9(3)16(19-15(18)13(14)17)24-7-26(21,22)23/h4-6,8,20H,7H2,1-3H3,(H2,21,22,23). The number of benzene rings is 1. The van der Waals surface area contributed by atoms with Gasteiger partial charge >= 0.3 is 7.60 Å². The highest BCUT2D eigenvalue weighted by Gasteiger charge is 2.22. The van der Waals surface area contributed by atoms with Crippen molar-refractivity contribution in [2.75, 3.05) is 6.35 Å². The lowest BCUT2D eigenvalue weighted by atomic mass is 10.0. The lowest BCUT2D eigenvalue weighted by Crippen LogP contribution is -2.05. The molecule has 0 atom stereocenters. The Balaban J connectivity index is 2.41. The molecule has 0 aliphatic heterocycles. The SMILES string of the molecule is Cc1c(OCP(=O)(O)O)nc(F)c(Cl)c1Oc1ccc(O)c(C(C)C)c1. The Kier molecular flexibility index (Phi) is 6.13. The second kappa shape index (κ2) is 7.80. The van der Waals surface area contributed by atoms with Gasteiger partial charge in [-0.1, -0.05) is 25.4 Å². The number of aromatic nitrogens is 1. The molecule has 2 aromatic rings. The topological polar surface area (TPSA) is 109 Å². The van der Waals surface area contributed by atoms with Gasteiger partial charge in [0.25, 0.3) is 0 Å². The van der Waals surface area contributed by atoms with Gasteiger partial charge in [-0.05, 0) is 31.0 Å². The summed E-state index contributed by atoms with van der Waals surface area (Å²) in [6.45, 7) is 5.24. The number of phenols is 1. The van der Waals surface area contributed by atoms with Crippen molar-refractivity contribution in [2.24, 2.45) is 0 Å². The summed E-state index contributed by atoms with van der Waals surface area (Å²) in [4.78, 5) is 21.2. The van der Waals surface area contributed by atoms with Crippen molar-refractivity contribution < 1.29 is 33.3 Å². The van der Waals surface area contributed by atoms with E-state index in [1.54, 1.807) is 6.07 Å². The Morgan fingerprint density at radius 1 is 1.35 bits per heavy atom. The summed E-state index contributed by atoms with van der Waals surface area (Å²) < 4.78 is 35.5. The average molecular weight is 406 g/mol. The Bertz CT molecular complexity index is 870. The van der Waals surface area contributed by atoms with E-state index in [9.17, 15) is 14.1 Å². The van der Waals surface area contributed by atoms with E-state index < -0.39 is 24.9 Å². The minimum Gasteiger partial charge on any atom is -0.508 e. The first kappa shape index (κ1) is 20.5. The molecule has 1 heterocycles. The Labute approximate surface area is 154 Å². The average Bonchev–Trinajstić information content (AvgIpc) is 2.54. The van der Waals surface area contributed by atoms with Gasteiger partial charge in [0, 0.05) is 5.56 Å². The first-order chi connectivity index (χ1) is 12.0. The molecule has 2 rings (SSSR count). The molecule has 1 aromatic heterocycles. The number of rotatable bonds is 6. The van der Waals surface area contributed by atoms with Crippen LogP contribution in [0.5, 0.6) is 23.1 Å². The highest BCUT2D eigenvalue weighted by Crippen LogP contribution is 2.41. The largest absolute Gasteiger partial charge is 0.508 e. The molecule has 1 aromatic carbocycles. The molecule has 0 bridgehead atoms. The van der Waals surface area contributed by atoms with Crippen molar-refractivity contribution in [3.63, 3.8) is 0 Å². The first-order valence-electron chi connectivity index (χ1n) is 7.53. The van der Waals surface area contributed by atoms with E-state index in [4.69, 9.17) is 30.9 Å². The maximum Gasteiger partial charge on any atom is 0.362 e. The van der Waals surface area contributed by atoms with E-state index in [1.807, 2.05) is 13.8 Å². The van der Waals surface area contributed by atoms with Crippen LogP contribution in [0.15, 0.2) is 18.2 Å². The van der Waals surface area contributed by atoms with Crippen LogP contribution in [0.3, 0.4) is 0 Å². The molecule has 7 nitrogen and oxygen atoms in total. The molecule has 0 saturated heterocycles. The Morgan fingerprint density at radius 2 is 2.00 bits per heavy atom. The van der Waals surface area contributed by atoms with Gasteiger partial charge in [-0.3, -0.25) is 4.57 Å². The van der Waals surface area contributed by atoms with Crippen LogP contribution in [0.1, 0.15) is 30.9 Å². The molecule has 0 unspecified atom stereocenters. The Hall–Kier alpha value is -1.86. The van der Waals surface area contributed by atoms with Crippen LogP contribution in [0, 0.1) is 12.9 Å². The van der Waals surface area contributed by atoms with Crippen LogP contribution >= 0.6 is 19.2 Å². The third kappa shape index (κ3) is 4.86. The fourth-order valence-corrected chi connectivity index (χ4v) is 2.67. The summed E-state index contributed by atoms with van der Waals surface area (Å²) in [6.07, 6.45) is -0.960. The third-order valence-electron chi connectivity index (χ3n) is 3.45. The number of phenolic OH excluding ortho intramolecular Hbond substituents is 1. The van der Waals surface area contributed by atoms with E-state index >= 15 is 0 Å². The molecule has 0 fully saturated rings. The highest BCUT2D eigenvalue weighted by molar-refractivity contribution is 7.51. The second-order valence-corrected chi connectivity index (χ2v) is 7.86. The first-order valence-corrected chi connectivity index (χ1v) is 9.71. The van der Waals surface area contributed by atoms with Crippen molar-refractivity contribution in [1.82, 2.24) is 4.98 Å². The molecule has 0 amide bonds. The van der Waals surface area contributed by atoms with Gasteiger partial charge in [-0.15, -0.1) is 0 Å². The molecule has 3 N–H and O–H groups in total. The van der Waals surface area contributed by atoms with Crippen molar-refractivity contribution >= 4 is 19.2 Å². The van der Waals surface area contributed by atoms with E-state index in [1.165, 1.54) is 19.1 Å². The van der Waals surface area contributed by atoms with Crippen molar-refractivity contribution in [1.29, 1.82) is 0 Å². The maximum absolute atomic E-state index is 14.0. The predicted octanol–water partition coefficient (Wildman–Crippen LogP) is 4.32. The number of ether oxygens (including phenoxy) is 2. The molecule has 142 valence electrons. The molecule has 10 heteroatoms. The van der Waals surface area contributed by atoms with Gasteiger partial charge in [0.1, 0.15) is 16.5 Å². The lowest BCUT2D eigenvalue weighted by molar-refractivity contribution is 0.288. The van der Waals surface area contributed by atoms with Crippen molar-refractivity contribution in [3.8, 4) is 23.1 Å². The minimum absolute atomic E-state index is 0.0199. The number of aromatic hydroxyl groups is 1. The molecular formula is C16H18ClFNO6P. The number of hydrogen-bond acceptors (Lipinski definition) is 5. The molecule has 0 aliphatic rings. The number of hydrogen-bond donors (Lipinski definition) is 3. The fraction of sp³-hybridized carbons (Fsp3) is 0.312. The van der Waals surface area contributed by atoms with Crippen LogP contribution < -0.4 is 9.47 Å². The van der Waals surface area contributed by atoms with Crippen LogP contribution in [0.25, 0.3) is 0 Å². The van der Waals surface area contributed by atoms with Crippen molar-refractivity contribution in [3.05, 3.63) is 40.3 Å². The van der Waals surface area contributed by atoms with Gasteiger partial charge in [0.05, 0.1) is 5.56 Å². The summed E-state index contributed by atoms with van der Waals surface area (Å²) in [5.41, 5.74) is 0.799. The molecule has 0 aliphatic carbocycles. The van der Waals surface area contributed by atoms with Crippen LogP contribution in [-0.4, -0.2) is 26.2 Å². The minimum atomic E-state index is -4.47. The molecule has 0 saturated carbocycles. The van der Waals surface area contributed by atoms with E-state index in [2.05, 4.69) is 4.98 Å². The van der Waals surface area contributed by atoms with E-state index in [-0.39, 0.29) is 28.9 Å². The summed E-state index contributed by atoms with van der Waals surface area (Å²) in [5.74, 6) is -1.12. The van der Waals surface area contributed by atoms with Gasteiger partial charge in [0.15, 0.2) is 12.1 Å². The van der Waals surface area contributed by atoms with Gasteiger partial charge in [-0.25, -0.2) is 0 Å². The smallest absolute Gasteiger partial charge is 0.362 e. The number of nitrogens with zero attached hydrogens (tertiary/aromatic N) is 1. The predicted molar refractivity (Wildman–Crippen MR) is 93.8 cm³/mol. The maximum atomic E-state index is 14.0. The highest BCUT2D eigenvalue weighted by atomic mass is 35.5. The molecule has 26 heavy (non-hydrogen) atoms. The van der Waals surface area contributed by atoms with E-state index in [0.717, 1.165) is 0 Å². The van der Waals surface area contributed by atoms with Crippen LogP contribution in [-0.2, 0) is 4.57 Å². The monoisotopic (exact) mass is 405 g/mol. The lowest BCUT2D eigenvalue weighted by Gasteiger charge is -2.16. The Morgan fingerprint density at radius 3 is 2.58 bits per heavy atom. The fourth-order valence-electron chi connectivity index (χ4n) is 2.16. The normalized spacial score (nSPS) is 11.7. The zero-order chi connectivity index (χ0) is 19.6. The van der Waals surface area contributed by atoms with Crippen LogP contribution in [0.2, 0.25) is 5.02 Å². The molecule has 0 spiro atoms. The number of pyridine rings is 1. The van der Waals surface area contributed by atoms with Gasteiger partial charge in [-0.2, -0.15) is 9.37 Å². The second-order valence-electron chi connectivity index (χ2n) is 5.89. The summed E-state index contributed by atoms with van der Waals surface area (Å²) in [7, 11) is -4.47. The van der Waals surface area contributed by atoms with Gasteiger partial charge < -0.3 is 24.4 Å². The zero-order valence-electron chi connectivity index (χ0n) is 14.2. The zero-order valence-corrected chi connectivity index (χ0v) is 15.9. The van der Waals surface area contributed by atoms with E-state index in [0.29, 0.717) is 11.3 Å². The molecule has 0 radical (unpaired) electrons. The number of halogens is 2. The molecular weight excluding hydrogens is 388 g/mol. The summed E-state index contributed by atoms with van der Waals surface area (Å²) >= 11 is 5.92. The van der Waals surface area contributed by atoms with Gasteiger partial charge in [0.2, 0.25) is 11.8 Å². The quantitative estimate of drug-likeness (QED) is 0.485. The summed E-state index contributed by atoms with van der Waals surface area (Å²) in [5, 5.41) is 9.47. The third-order valence-corrected chi connectivity index (χ3v) is 4.24. The summed E-state index contributed by atoms with van der Waals surface area (Å²) in [6, 6.07) is 4.51. The van der Waals surface area contributed by atoms with Crippen LogP contribution in [0.4, 0.5) is 4.39 Å². The van der Waals surface area contributed by atoms with Crippen molar-refractivity contribution in [2.45, 2.75) is 26.7 Å².